The first kappa shape index (κ1) is 22.8. The van der Waals surface area contributed by atoms with Gasteiger partial charge in [0.05, 0.1) is 18.5 Å². The Balaban J connectivity index is 1.66. The molecule has 0 bridgehead atoms. The molecule has 0 fully saturated rings. The molecule has 0 amide bonds. The SMILES string of the molecule is CCCCOc1ccc(-c2nn(-c3ccccc3)cc2C=NNc2oc(C)nc2C#N)cc1C. The van der Waals surface area contributed by atoms with Gasteiger partial charge in [0.15, 0.2) is 5.89 Å². The van der Waals surface area contributed by atoms with Crippen LogP contribution in [0.5, 0.6) is 5.75 Å². The normalized spacial score (nSPS) is 11.0. The van der Waals surface area contributed by atoms with E-state index in [2.05, 4.69) is 28.5 Å². The summed E-state index contributed by atoms with van der Waals surface area (Å²) in [4.78, 5) is 4.02. The number of oxazole rings is 1. The highest BCUT2D eigenvalue weighted by Gasteiger charge is 2.14. The van der Waals surface area contributed by atoms with Crippen molar-refractivity contribution in [3.05, 3.63) is 77.4 Å². The first-order valence-corrected chi connectivity index (χ1v) is 11.1. The average molecular weight is 455 g/mol. The quantitative estimate of drug-likeness (QED) is 0.199. The van der Waals surface area contributed by atoms with E-state index in [0.29, 0.717) is 12.5 Å². The molecule has 0 unspecified atom stereocenters. The highest BCUT2D eigenvalue weighted by molar-refractivity contribution is 5.89. The van der Waals surface area contributed by atoms with Crippen molar-refractivity contribution >= 4 is 12.1 Å². The van der Waals surface area contributed by atoms with Gasteiger partial charge in [-0.25, -0.2) is 15.1 Å². The first-order chi connectivity index (χ1) is 16.6. The van der Waals surface area contributed by atoms with Crippen LogP contribution < -0.4 is 10.2 Å². The summed E-state index contributed by atoms with van der Waals surface area (Å²) in [5, 5.41) is 18.3. The number of nitrogens with one attached hydrogen (secondary N) is 1. The molecule has 0 aliphatic heterocycles. The number of rotatable bonds is 9. The maximum Gasteiger partial charge on any atom is 0.252 e. The van der Waals surface area contributed by atoms with Crippen molar-refractivity contribution in [2.24, 2.45) is 5.10 Å². The Morgan fingerprint density at radius 3 is 2.76 bits per heavy atom. The third-order valence-corrected chi connectivity index (χ3v) is 5.18. The van der Waals surface area contributed by atoms with E-state index in [-0.39, 0.29) is 11.6 Å². The third kappa shape index (κ3) is 5.15. The fourth-order valence-corrected chi connectivity index (χ4v) is 3.44. The van der Waals surface area contributed by atoms with E-state index >= 15 is 0 Å². The molecule has 8 nitrogen and oxygen atoms in total. The standard InChI is InChI=1S/C26H26N6O2/c1-4-5-13-33-24-12-11-20(14-18(24)2)25-21(17-32(31-25)22-9-7-6-8-10-22)16-28-30-26-23(15-27)29-19(3)34-26/h6-12,14,16-17,30H,4-5,13H2,1-3H3. The molecule has 4 aromatic rings. The lowest BCUT2D eigenvalue weighted by molar-refractivity contribution is 0.307. The summed E-state index contributed by atoms with van der Waals surface area (Å²) in [7, 11) is 0. The zero-order chi connectivity index (χ0) is 23.9. The number of ether oxygens (including phenoxy) is 1. The van der Waals surface area contributed by atoms with Crippen LogP contribution in [0, 0.1) is 25.2 Å². The molecule has 0 saturated heterocycles. The third-order valence-electron chi connectivity index (χ3n) is 5.18. The van der Waals surface area contributed by atoms with Gasteiger partial charge in [-0.3, -0.25) is 0 Å². The lowest BCUT2D eigenvalue weighted by Gasteiger charge is -2.10. The van der Waals surface area contributed by atoms with Gasteiger partial charge in [-0.1, -0.05) is 31.5 Å². The van der Waals surface area contributed by atoms with Crippen LogP contribution >= 0.6 is 0 Å². The van der Waals surface area contributed by atoms with Gasteiger partial charge < -0.3 is 9.15 Å². The smallest absolute Gasteiger partial charge is 0.252 e. The molecule has 2 heterocycles. The van der Waals surface area contributed by atoms with Crippen LogP contribution in [0.1, 0.15) is 42.5 Å². The second-order valence-electron chi connectivity index (χ2n) is 7.79. The van der Waals surface area contributed by atoms with E-state index < -0.39 is 0 Å². The Bertz CT molecular complexity index is 1330. The van der Waals surface area contributed by atoms with E-state index in [1.54, 1.807) is 13.1 Å². The van der Waals surface area contributed by atoms with Gasteiger partial charge in [0.25, 0.3) is 5.88 Å². The average Bonchev–Trinajstić information content (AvgIpc) is 3.44. The molecule has 1 N–H and O–H groups in total. The van der Waals surface area contributed by atoms with Gasteiger partial charge in [0, 0.05) is 24.2 Å². The zero-order valence-electron chi connectivity index (χ0n) is 19.4. The summed E-state index contributed by atoms with van der Waals surface area (Å²) in [6, 6.07) is 17.9. The monoisotopic (exact) mass is 454 g/mol. The van der Waals surface area contributed by atoms with Gasteiger partial charge in [-0.05, 0) is 49.2 Å². The summed E-state index contributed by atoms with van der Waals surface area (Å²) in [6.07, 6.45) is 5.68. The highest BCUT2D eigenvalue weighted by Crippen LogP contribution is 2.28. The van der Waals surface area contributed by atoms with Crippen molar-refractivity contribution in [2.45, 2.75) is 33.6 Å². The number of unbranched alkanes of at least 4 members (excludes halogenated alkanes) is 1. The number of hydrazone groups is 1. The lowest BCUT2D eigenvalue weighted by Crippen LogP contribution is -1.98. The molecular weight excluding hydrogens is 428 g/mol. The maximum atomic E-state index is 9.20. The topological polar surface area (TPSA) is 101 Å². The lowest BCUT2D eigenvalue weighted by atomic mass is 10.1. The first-order valence-electron chi connectivity index (χ1n) is 11.1. The Morgan fingerprint density at radius 2 is 2.03 bits per heavy atom. The van der Waals surface area contributed by atoms with Gasteiger partial charge in [0.2, 0.25) is 5.69 Å². The number of anilines is 1. The number of aromatic nitrogens is 3. The number of nitriles is 1. The molecule has 2 aromatic heterocycles. The van der Waals surface area contributed by atoms with Crippen LogP contribution in [0.4, 0.5) is 5.88 Å². The second-order valence-corrected chi connectivity index (χ2v) is 7.79. The second kappa shape index (κ2) is 10.5. The van der Waals surface area contributed by atoms with Crippen LogP contribution in [0.15, 0.2) is 64.2 Å². The minimum absolute atomic E-state index is 0.157. The molecule has 0 saturated carbocycles. The largest absolute Gasteiger partial charge is 0.493 e. The Morgan fingerprint density at radius 1 is 1.21 bits per heavy atom. The molecule has 0 aliphatic rings. The minimum Gasteiger partial charge on any atom is -0.493 e. The van der Waals surface area contributed by atoms with Gasteiger partial charge in [0.1, 0.15) is 17.5 Å². The van der Waals surface area contributed by atoms with Crippen LogP contribution in [-0.4, -0.2) is 27.6 Å². The van der Waals surface area contributed by atoms with Gasteiger partial charge >= 0.3 is 0 Å². The fourth-order valence-electron chi connectivity index (χ4n) is 3.44. The molecule has 0 spiro atoms. The number of aryl methyl sites for hydroxylation is 2. The molecule has 0 atom stereocenters. The Hall–Kier alpha value is -4.38. The predicted octanol–water partition coefficient (Wildman–Crippen LogP) is 5.64. The van der Waals surface area contributed by atoms with Gasteiger partial charge in [-0.15, -0.1) is 0 Å². The summed E-state index contributed by atoms with van der Waals surface area (Å²) in [6.45, 7) is 6.55. The van der Waals surface area contributed by atoms with Crippen molar-refractivity contribution < 1.29 is 9.15 Å². The summed E-state index contributed by atoms with van der Waals surface area (Å²) < 4.78 is 13.1. The zero-order valence-corrected chi connectivity index (χ0v) is 19.4. The number of hydrogen-bond donors (Lipinski definition) is 1. The minimum atomic E-state index is 0.157. The van der Waals surface area contributed by atoms with E-state index in [0.717, 1.165) is 46.7 Å². The molecule has 8 heteroatoms. The molecule has 0 radical (unpaired) electrons. The van der Waals surface area contributed by atoms with E-state index in [1.807, 2.05) is 66.3 Å². The van der Waals surface area contributed by atoms with E-state index in [9.17, 15) is 5.26 Å². The Labute approximate surface area is 198 Å². The summed E-state index contributed by atoms with van der Waals surface area (Å²) in [5.74, 6) is 1.47. The van der Waals surface area contributed by atoms with Crippen molar-refractivity contribution in [3.63, 3.8) is 0 Å². The van der Waals surface area contributed by atoms with E-state index in [1.165, 1.54) is 0 Å². The predicted molar refractivity (Wildman–Crippen MR) is 131 cm³/mol. The molecule has 4 rings (SSSR count). The van der Waals surface area contributed by atoms with Crippen LogP contribution in [0.2, 0.25) is 0 Å². The number of nitrogens with zero attached hydrogens (tertiary/aromatic N) is 5. The van der Waals surface area contributed by atoms with Crippen LogP contribution in [-0.2, 0) is 0 Å². The molecule has 34 heavy (non-hydrogen) atoms. The van der Waals surface area contributed by atoms with Crippen molar-refractivity contribution in [1.29, 1.82) is 5.26 Å². The highest BCUT2D eigenvalue weighted by atomic mass is 16.5. The Kier molecular flexibility index (Phi) is 7.04. The summed E-state index contributed by atoms with van der Waals surface area (Å²) in [5.41, 5.74) is 7.42. The van der Waals surface area contributed by atoms with Crippen LogP contribution in [0.25, 0.3) is 16.9 Å². The molecular formula is C26H26N6O2. The summed E-state index contributed by atoms with van der Waals surface area (Å²) >= 11 is 0. The van der Waals surface area contributed by atoms with Crippen LogP contribution in [0.3, 0.4) is 0 Å². The number of hydrogen-bond acceptors (Lipinski definition) is 7. The number of para-hydroxylation sites is 1. The van der Waals surface area contributed by atoms with Gasteiger partial charge in [-0.2, -0.15) is 15.5 Å². The molecule has 2 aromatic carbocycles. The van der Waals surface area contributed by atoms with E-state index in [4.69, 9.17) is 14.3 Å². The van der Waals surface area contributed by atoms with Crippen molar-refractivity contribution in [3.8, 4) is 28.8 Å². The van der Waals surface area contributed by atoms with Crippen molar-refractivity contribution in [1.82, 2.24) is 14.8 Å². The molecule has 172 valence electrons. The maximum absolute atomic E-state index is 9.20. The number of benzene rings is 2. The van der Waals surface area contributed by atoms with Crippen molar-refractivity contribution in [2.75, 3.05) is 12.0 Å². The fraction of sp³-hybridized carbons (Fsp3) is 0.231. The molecule has 0 aliphatic carbocycles.